The van der Waals surface area contributed by atoms with E-state index in [1.54, 1.807) is 0 Å². The maximum absolute atomic E-state index is 12.2. The molecular weight excluding hydrogens is 314 g/mol. The van der Waals surface area contributed by atoms with Crippen molar-refractivity contribution in [3.8, 4) is 0 Å². The van der Waals surface area contributed by atoms with E-state index in [2.05, 4.69) is 16.1 Å². The van der Waals surface area contributed by atoms with Crippen molar-refractivity contribution in [2.45, 2.75) is 48.4 Å². The minimum Gasteiger partial charge on any atom is -0.480 e. The van der Waals surface area contributed by atoms with Crippen molar-refractivity contribution in [1.82, 2.24) is 14.5 Å². The summed E-state index contributed by atoms with van der Waals surface area (Å²) in [6.45, 7) is -0.353. The third-order valence-electron chi connectivity index (χ3n) is 3.55. The van der Waals surface area contributed by atoms with Gasteiger partial charge in [-0.15, -0.1) is 0 Å². The van der Waals surface area contributed by atoms with Crippen LogP contribution in [0.1, 0.15) is 25.7 Å². The molecule has 1 aromatic rings. The Kier molecular flexibility index (Phi) is 5.28. The van der Waals surface area contributed by atoms with Crippen molar-refractivity contribution >= 4 is 27.8 Å². The molecule has 0 saturated heterocycles. The van der Waals surface area contributed by atoms with Crippen molar-refractivity contribution in [2.75, 3.05) is 6.26 Å². The van der Waals surface area contributed by atoms with Gasteiger partial charge < -0.3 is 5.11 Å². The van der Waals surface area contributed by atoms with Crippen LogP contribution < -0.4 is 4.72 Å². The Bertz CT molecular complexity index is 591. The molecule has 0 aromatic carbocycles. The Hall–Kier alpha value is -1.06. The highest BCUT2D eigenvalue weighted by atomic mass is 32.2. The lowest BCUT2D eigenvalue weighted by atomic mass is 9.96. The van der Waals surface area contributed by atoms with Crippen molar-refractivity contribution in [2.24, 2.45) is 0 Å². The van der Waals surface area contributed by atoms with E-state index in [0.29, 0.717) is 5.25 Å². The second kappa shape index (κ2) is 6.80. The highest BCUT2D eigenvalue weighted by Gasteiger charge is 2.26. The SMILES string of the molecule is CSC1CCC(NS(=O)(=O)c2cnn(CC(=O)O)c2)CC1. The highest BCUT2D eigenvalue weighted by molar-refractivity contribution is 7.99. The van der Waals surface area contributed by atoms with Gasteiger partial charge in [-0.3, -0.25) is 9.48 Å². The zero-order valence-corrected chi connectivity index (χ0v) is 13.4. The minimum absolute atomic E-state index is 0.00994. The first-order valence-corrected chi connectivity index (χ1v) is 9.47. The summed E-state index contributed by atoms with van der Waals surface area (Å²) in [4.78, 5) is 10.6. The number of thioether (sulfide) groups is 1. The largest absolute Gasteiger partial charge is 0.480 e. The van der Waals surface area contributed by atoms with Crippen LogP contribution in [-0.2, 0) is 21.4 Å². The molecule has 0 bridgehead atoms. The Morgan fingerprint density at radius 1 is 1.48 bits per heavy atom. The third-order valence-corrected chi connectivity index (χ3v) is 6.16. The maximum Gasteiger partial charge on any atom is 0.325 e. The molecule has 2 rings (SSSR count). The molecule has 0 atom stereocenters. The maximum atomic E-state index is 12.2. The number of carboxylic acids is 1. The molecule has 21 heavy (non-hydrogen) atoms. The second-order valence-corrected chi connectivity index (χ2v) is 7.95. The summed E-state index contributed by atoms with van der Waals surface area (Å²) in [5, 5.41) is 13.0. The lowest BCUT2D eigenvalue weighted by Gasteiger charge is -2.27. The fourth-order valence-electron chi connectivity index (χ4n) is 2.41. The fraction of sp³-hybridized carbons (Fsp3) is 0.667. The van der Waals surface area contributed by atoms with E-state index in [0.717, 1.165) is 30.4 Å². The number of nitrogens with zero attached hydrogens (tertiary/aromatic N) is 2. The highest BCUT2D eigenvalue weighted by Crippen LogP contribution is 2.27. The number of rotatable bonds is 6. The van der Waals surface area contributed by atoms with E-state index in [9.17, 15) is 13.2 Å². The zero-order valence-electron chi connectivity index (χ0n) is 11.7. The molecule has 9 heteroatoms. The number of hydrogen-bond donors (Lipinski definition) is 2. The summed E-state index contributed by atoms with van der Waals surface area (Å²) < 4.78 is 28.3. The molecule has 1 aliphatic rings. The van der Waals surface area contributed by atoms with E-state index in [1.807, 2.05) is 11.8 Å². The van der Waals surface area contributed by atoms with Gasteiger partial charge in [0.15, 0.2) is 0 Å². The molecule has 1 aromatic heterocycles. The first-order chi connectivity index (χ1) is 9.90. The van der Waals surface area contributed by atoms with E-state index in [-0.39, 0.29) is 17.5 Å². The first-order valence-electron chi connectivity index (χ1n) is 6.70. The van der Waals surface area contributed by atoms with Crippen LogP contribution >= 0.6 is 11.8 Å². The van der Waals surface area contributed by atoms with Crippen molar-refractivity contribution in [3.05, 3.63) is 12.4 Å². The van der Waals surface area contributed by atoms with E-state index >= 15 is 0 Å². The summed E-state index contributed by atoms with van der Waals surface area (Å²) in [5.41, 5.74) is 0. The average Bonchev–Trinajstić information content (AvgIpc) is 2.88. The van der Waals surface area contributed by atoms with Crippen molar-refractivity contribution in [1.29, 1.82) is 0 Å². The van der Waals surface area contributed by atoms with Crippen LogP contribution in [-0.4, -0.2) is 46.8 Å². The van der Waals surface area contributed by atoms with E-state index in [1.165, 1.54) is 12.4 Å². The molecule has 118 valence electrons. The van der Waals surface area contributed by atoms with Crippen LogP contribution in [0.15, 0.2) is 17.3 Å². The predicted molar refractivity (Wildman–Crippen MR) is 79.7 cm³/mol. The molecule has 1 fully saturated rings. The Morgan fingerprint density at radius 2 is 2.14 bits per heavy atom. The van der Waals surface area contributed by atoms with Gasteiger partial charge in [0.25, 0.3) is 0 Å². The number of aromatic nitrogens is 2. The van der Waals surface area contributed by atoms with Crippen LogP contribution in [0, 0.1) is 0 Å². The first kappa shape index (κ1) is 16.3. The quantitative estimate of drug-likeness (QED) is 0.803. The van der Waals surface area contributed by atoms with Crippen molar-refractivity contribution < 1.29 is 18.3 Å². The smallest absolute Gasteiger partial charge is 0.325 e. The van der Waals surface area contributed by atoms with E-state index in [4.69, 9.17) is 5.11 Å². The van der Waals surface area contributed by atoms with Crippen LogP contribution in [0.2, 0.25) is 0 Å². The van der Waals surface area contributed by atoms with Gasteiger partial charge in [-0.05, 0) is 31.9 Å². The van der Waals surface area contributed by atoms with Gasteiger partial charge in [-0.1, -0.05) is 0 Å². The number of aliphatic carboxylic acids is 1. The van der Waals surface area contributed by atoms with Crippen LogP contribution in [0.25, 0.3) is 0 Å². The molecule has 2 N–H and O–H groups in total. The average molecular weight is 333 g/mol. The number of hydrogen-bond acceptors (Lipinski definition) is 5. The zero-order chi connectivity index (χ0) is 15.5. The lowest BCUT2D eigenvalue weighted by molar-refractivity contribution is -0.137. The lowest BCUT2D eigenvalue weighted by Crippen LogP contribution is -2.37. The monoisotopic (exact) mass is 333 g/mol. The van der Waals surface area contributed by atoms with Gasteiger partial charge in [-0.25, -0.2) is 13.1 Å². The Balaban J connectivity index is 1.98. The summed E-state index contributed by atoms with van der Waals surface area (Å²) >= 11 is 1.82. The standard InChI is InChI=1S/C12H19N3O4S2/c1-20-10-4-2-9(3-5-10)14-21(18,19)11-6-13-15(7-11)8-12(16)17/h6-7,9-10,14H,2-5,8H2,1H3,(H,16,17). The normalized spacial score (nSPS) is 23.1. The second-order valence-electron chi connectivity index (χ2n) is 5.10. The Labute approximate surface area is 128 Å². The molecule has 7 nitrogen and oxygen atoms in total. The molecule has 0 aliphatic heterocycles. The molecule has 1 saturated carbocycles. The van der Waals surface area contributed by atoms with Gasteiger partial charge in [0, 0.05) is 17.5 Å². The summed E-state index contributed by atoms with van der Waals surface area (Å²) in [7, 11) is -3.63. The summed E-state index contributed by atoms with van der Waals surface area (Å²) in [6.07, 6.45) is 8.16. The van der Waals surface area contributed by atoms with Crippen LogP contribution in [0.4, 0.5) is 0 Å². The Morgan fingerprint density at radius 3 is 2.71 bits per heavy atom. The molecular formula is C12H19N3O4S2. The topological polar surface area (TPSA) is 101 Å². The predicted octanol–water partition coefficient (Wildman–Crippen LogP) is 0.920. The number of carboxylic acid groups (broad SMARTS) is 1. The van der Waals surface area contributed by atoms with Gasteiger partial charge in [-0.2, -0.15) is 16.9 Å². The van der Waals surface area contributed by atoms with Crippen molar-refractivity contribution in [3.63, 3.8) is 0 Å². The molecule has 0 amide bonds. The molecule has 1 heterocycles. The third kappa shape index (κ3) is 4.45. The van der Waals surface area contributed by atoms with Gasteiger partial charge in [0.05, 0.1) is 6.20 Å². The van der Waals surface area contributed by atoms with Gasteiger partial charge >= 0.3 is 5.97 Å². The number of carbonyl (C=O) groups is 1. The van der Waals surface area contributed by atoms with Gasteiger partial charge in [0.1, 0.15) is 11.4 Å². The minimum atomic E-state index is -3.63. The van der Waals surface area contributed by atoms with Gasteiger partial charge in [0.2, 0.25) is 10.0 Å². The fourth-order valence-corrected chi connectivity index (χ4v) is 4.41. The molecule has 1 aliphatic carbocycles. The molecule has 0 radical (unpaired) electrons. The van der Waals surface area contributed by atoms with Crippen LogP contribution in [0.3, 0.4) is 0 Å². The molecule has 0 spiro atoms. The number of sulfonamides is 1. The molecule has 0 unspecified atom stereocenters. The summed E-state index contributed by atoms with van der Waals surface area (Å²) in [6, 6.07) is -0.0544. The van der Waals surface area contributed by atoms with Crippen LogP contribution in [0.5, 0.6) is 0 Å². The number of nitrogens with one attached hydrogen (secondary N) is 1. The van der Waals surface area contributed by atoms with E-state index < -0.39 is 16.0 Å². The summed E-state index contributed by atoms with van der Waals surface area (Å²) in [5.74, 6) is -1.06.